The maximum Gasteiger partial charge on any atom is 0.145 e. The van der Waals surface area contributed by atoms with E-state index in [9.17, 15) is 0 Å². The van der Waals surface area contributed by atoms with E-state index >= 15 is 0 Å². The van der Waals surface area contributed by atoms with Gasteiger partial charge in [-0.2, -0.15) is 12.1 Å². The quantitative estimate of drug-likeness (QED) is 0.148. The van der Waals surface area contributed by atoms with Gasteiger partial charge in [0.15, 0.2) is 0 Å². The minimum absolute atomic E-state index is 0. The van der Waals surface area contributed by atoms with Crippen LogP contribution in [0, 0.1) is 18.8 Å². The van der Waals surface area contributed by atoms with Crippen molar-refractivity contribution in [1.29, 1.82) is 0 Å². The fourth-order valence-corrected chi connectivity index (χ4v) is 11.7. The molecule has 77 heavy (non-hydrogen) atoms. The number of aromatic nitrogens is 5. The number of anilines is 4. The number of para-hydroxylation sites is 3. The molecule has 0 N–H and O–H groups in total. The summed E-state index contributed by atoms with van der Waals surface area (Å²) in [6, 6.07) is 78.3. The van der Waals surface area contributed by atoms with Crippen LogP contribution in [0.2, 0.25) is 0 Å². The average molecular weight is 1170 g/mol. The zero-order valence-electron chi connectivity index (χ0n) is 42.2. The van der Waals surface area contributed by atoms with Crippen molar-refractivity contribution >= 4 is 66.6 Å². The molecule has 9 heteroatoms. The standard InChI is InChI=1S/C68H46N7O.Pt/c1-68(2,3)45-35-36-69-61(39-45)74-58-33-34-59-62(53-25-11-10-23-51(53)54-28-16-29-55-52-24-12-13-30-57(52)75(59)65(54)55)63(58)56-32-31-48(41-60(56)74)76-47-22-14-21-46(40-47)72-42-73(67-66(72)70-37-38-71-67)64-49(43-17-6-4-7-18-43)26-15-27-50(64)44-19-8-5-9-20-44;/h4-39,42H,1-3H3;/q-3;. The first kappa shape index (κ1) is 46.4. The third-order valence-corrected chi connectivity index (χ3v) is 15.1. The van der Waals surface area contributed by atoms with Crippen molar-refractivity contribution in [1.82, 2.24) is 24.1 Å². The normalized spacial score (nSPS) is 12.7. The number of fused-ring (bicyclic) bond motifs is 13. The van der Waals surface area contributed by atoms with Crippen molar-refractivity contribution in [2.45, 2.75) is 26.2 Å². The molecule has 13 aromatic rings. The van der Waals surface area contributed by atoms with Gasteiger partial charge >= 0.3 is 0 Å². The molecule has 9 aromatic carbocycles. The predicted octanol–water partition coefficient (Wildman–Crippen LogP) is 17.1. The van der Waals surface area contributed by atoms with Gasteiger partial charge in [-0.1, -0.05) is 172 Å². The summed E-state index contributed by atoms with van der Waals surface area (Å²) in [4.78, 5) is 19.2. The van der Waals surface area contributed by atoms with Crippen LogP contribution in [0.3, 0.4) is 0 Å². The summed E-state index contributed by atoms with van der Waals surface area (Å²) in [6.45, 7) is 8.79. The molecule has 0 saturated carbocycles. The predicted molar refractivity (Wildman–Crippen MR) is 308 cm³/mol. The summed E-state index contributed by atoms with van der Waals surface area (Å²) in [5.74, 6) is 3.27. The number of pyridine rings is 1. The van der Waals surface area contributed by atoms with E-state index < -0.39 is 0 Å². The van der Waals surface area contributed by atoms with E-state index in [-0.39, 0.29) is 26.5 Å². The zero-order valence-corrected chi connectivity index (χ0v) is 44.5. The van der Waals surface area contributed by atoms with Crippen molar-refractivity contribution in [3.05, 3.63) is 243 Å². The first-order chi connectivity index (χ1) is 37.4. The maximum absolute atomic E-state index is 6.87. The largest absolute Gasteiger partial charge is 0.509 e. The summed E-state index contributed by atoms with van der Waals surface area (Å²) >= 11 is 0. The molecule has 0 fully saturated rings. The summed E-state index contributed by atoms with van der Waals surface area (Å²) in [6.07, 6.45) is 5.40. The van der Waals surface area contributed by atoms with Crippen LogP contribution in [0.5, 0.6) is 11.5 Å². The number of ether oxygens (including phenoxy) is 1. The van der Waals surface area contributed by atoms with E-state index in [0.29, 0.717) is 23.1 Å². The van der Waals surface area contributed by atoms with Gasteiger partial charge in [0.1, 0.15) is 17.5 Å². The zero-order chi connectivity index (χ0) is 50.6. The Bertz CT molecular complexity index is 4420. The molecule has 0 unspecified atom stereocenters. The number of hydrogen-bond donors (Lipinski definition) is 0. The molecule has 0 amide bonds. The van der Waals surface area contributed by atoms with Crippen LogP contribution >= 0.6 is 0 Å². The van der Waals surface area contributed by atoms with E-state index in [1.807, 2.05) is 47.5 Å². The van der Waals surface area contributed by atoms with Gasteiger partial charge in [-0.15, -0.1) is 42.4 Å². The molecule has 6 heterocycles. The summed E-state index contributed by atoms with van der Waals surface area (Å²) in [5.41, 5.74) is 17.3. The Morgan fingerprint density at radius 3 is 1.88 bits per heavy atom. The summed E-state index contributed by atoms with van der Waals surface area (Å²) in [5, 5.41) is 4.63. The number of nitrogens with zero attached hydrogens (tertiary/aromatic N) is 7. The van der Waals surface area contributed by atoms with E-state index in [4.69, 9.17) is 19.7 Å². The fraction of sp³-hybridized carbons (Fsp3) is 0.0588. The second-order valence-corrected chi connectivity index (χ2v) is 20.5. The van der Waals surface area contributed by atoms with Gasteiger partial charge < -0.3 is 23.7 Å². The summed E-state index contributed by atoms with van der Waals surface area (Å²) < 4.78 is 11.6. The Kier molecular flexibility index (Phi) is 10.9. The molecule has 0 saturated heterocycles. The van der Waals surface area contributed by atoms with Crippen molar-refractivity contribution in [3.63, 3.8) is 0 Å². The molecule has 0 spiro atoms. The monoisotopic (exact) mass is 1170 g/mol. The Hall–Kier alpha value is -9.10. The van der Waals surface area contributed by atoms with Gasteiger partial charge in [0.25, 0.3) is 0 Å². The molecule has 0 atom stereocenters. The molecular weight excluding hydrogens is 1130 g/mol. The Morgan fingerprint density at radius 1 is 0.481 bits per heavy atom. The summed E-state index contributed by atoms with van der Waals surface area (Å²) in [7, 11) is 0. The molecule has 4 aromatic heterocycles. The van der Waals surface area contributed by atoms with Crippen LogP contribution in [-0.4, -0.2) is 24.1 Å². The van der Waals surface area contributed by atoms with Crippen molar-refractivity contribution < 1.29 is 25.8 Å². The average Bonchev–Trinajstić information content (AvgIpc) is 4.29. The first-order valence-electron chi connectivity index (χ1n) is 25.7. The van der Waals surface area contributed by atoms with Crippen LogP contribution < -0.4 is 14.5 Å². The first-order valence-corrected chi connectivity index (χ1v) is 25.7. The third kappa shape index (κ3) is 7.34. The SMILES string of the molecule is CC(C)(C)c1ccnc(-n2c3[c-]c(Oc4[c-]c(N5[CH-]N(c6c(-c7ccccc7)cccc6-c6ccccc6)c6nccnc65)ccc4)ccc3c3c4c(ccc32)-n2c3ccccc3c3cccc(c32)-c2ccccc2-4)c1.[Pt]. The van der Waals surface area contributed by atoms with Crippen molar-refractivity contribution in [2.75, 3.05) is 9.80 Å². The minimum Gasteiger partial charge on any atom is -0.509 e. The molecule has 372 valence electrons. The van der Waals surface area contributed by atoms with Gasteiger partial charge in [-0.25, -0.2) is 15.0 Å². The molecular formula is C68H46N7OPt-3. The van der Waals surface area contributed by atoms with Gasteiger partial charge in [-0.05, 0) is 69.0 Å². The fourth-order valence-electron chi connectivity index (χ4n) is 11.7. The smallest absolute Gasteiger partial charge is 0.145 e. The molecule has 0 aliphatic carbocycles. The van der Waals surface area contributed by atoms with Crippen molar-refractivity contribution in [3.8, 4) is 67.5 Å². The third-order valence-electron chi connectivity index (χ3n) is 15.1. The second-order valence-electron chi connectivity index (χ2n) is 20.5. The van der Waals surface area contributed by atoms with Crippen LogP contribution in [0.15, 0.2) is 219 Å². The van der Waals surface area contributed by atoms with E-state index in [1.54, 1.807) is 12.4 Å². The second kappa shape index (κ2) is 18.0. The molecule has 0 radical (unpaired) electrons. The number of rotatable bonds is 7. The van der Waals surface area contributed by atoms with Crippen LogP contribution in [0.1, 0.15) is 26.3 Å². The van der Waals surface area contributed by atoms with Crippen LogP contribution in [-0.2, 0) is 26.5 Å². The molecule has 8 nitrogen and oxygen atoms in total. The van der Waals surface area contributed by atoms with Crippen molar-refractivity contribution in [2.24, 2.45) is 0 Å². The van der Waals surface area contributed by atoms with Gasteiger partial charge in [0.05, 0.1) is 16.7 Å². The Morgan fingerprint density at radius 2 is 1.12 bits per heavy atom. The minimum atomic E-state index is -0.108. The van der Waals surface area contributed by atoms with Crippen LogP contribution in [0.4, 0.5) is 23.0 Å². The number of hydrogen-bond acceptors (Lipinski definition) is 6. The van der Waals surface area contributed by atoms with E-state index in [0.717, 1.165) is 72.5 Å². The van der Waals surface area contributed by atoms with Crippen LogP contribution in [0.25, 0.3) is 99.6 Å². The van der Waals surface area contributed by atoms with Gasteiger partial charge in [0.2, 0.25) is 0 Å². The van der Waals surface area contributed by atoms with E-state index in [1.165, 1.54) is 44.1 Å². The van der Waals surface area contributed by atoms with Gasteiger partial charge in [0, 0.05) is 95.4 Å². The van der Waals surface area contributed by atoms with E-state index in [2.05, 4.69) is 217 Å². The Labute approximate surface area is 460 Å². The maximum atomic E-state index is 6.87. The Balaban J connectivity index is 0.00000540. The number of benzene rings is 9. The molecule has 2 aliphatic heterocycles. The molecule has 0 bridgehead atoms. The topological polar surface area (TPSA) is 64.2 Å². The van der Waals surface area contributed by atoms with Gasteiger partial charge in [-0.3, -0.25) is 0 Å². The molecule has 2 aliphatic rings. The molecule has 15 rings (SSSR count).